The summed E-state index contributed by atoms with van der Waals surface area (Å²) in [6.07, 6.45) is 0. The molecule has 0 bridgehead atoms. The second kappa shape index (κ2) is 7.52. The summed E-state index contributed by atoms with van der Waals surface area (Å²) < 4.78 is 18.5. The number of anilines is 1. The van der Waals surface area contributed by atoms with E-state index in [0.29, 0.717) is 22.3 Å². The minimum absolute atomic E-state index is 0.0671. The van der Waals surface area contributed by atoms with E-state index in [1.165, 1.54) is 23.9 Å². The number of ether oxygens (including phenoxy) is 1. The van der Waals surface area contributed by atoms with Gasteiger partial charge in [-0.2, -0.15) is 0 Å². The van der Waals surface area contributed by atoms with Crippen molar-refractivity contribution in [3.05, 3.63) is 58.2 Å². The van der Waals surface area contributed by atoms with Gasteiger partial charge >= 0.3 is 0 Å². The first kappa shape index (κ1) is 18.9. The lowest BCUT2D eigenvalue weighted by Crippen LogP contribution is -2.29. The maximum Gasteiger partial charge on any atom is 0.269 e. The number of hydrogen-bond donors (Lipinski definition) is 0. The molecule has 2 heterocycles. The molecule has 0 N–H and O–H groups in total. The van der Waals surface area contributed by atoms with Gasteiger partial charge in [0.05, 0.1) is 23.5 Å². The number of likely N-dealkylation sites (N-methyl/N-ethyl adjacent to an activating group) is 1. The van der Waals surface area contributed by atoms with Crippen LogP contribution in [0.1, 0.15) is 6.92 Å². The first-order valence-electron chi connectivity index (χ1n) is 8.69. The number of hydrogen-bond acceptors (Lipinski definition) is 6. The number of benzene rings is 2. The molecule has 0 radical (unpaired) electrons. The average Bonchev–Trinajstić information content (AvgIpc) is 3.19. The number of halogens is 1. The number of carbonyl (C=O) groups excluding carboxylic acids is 1. The van der Waals surface area contributed by atoms with Gasteiger partial charge < -0.3 is 9.64 Å². The molecule has 1 saturated heterocycles. The summed E-state index contributed by atoms with van der Waals surface area (Å²) in [5.74, 6) is 0.394. The largest absolute Gasteiger partial charge is 0.497 e. The summed E-state index contributed by atoms with van der Waals surface area (Å²) in [4.78, 5) is 23.0. The summed E-state index contributed by atoms with van der Waals surface area (Å²) >= 11 is 2.91. The molecular weight excluding hydrogens is 397 g/mol. The highest BCUT2D eigenvalue weighted by atomic mass is 32.2. The van der Waals surface area contributed by atoms with Crippen molar-refractivity contribution < 1.29 is 13.9 Å². The van der Waals surface area contributed by atoms with Gasteiger partial charge in [-0.15, -0.1) is 0 Å². The molecule has 144 valence electrons. The van der Waals surface area contributed by atoms with Crippen LogP contribution in [0.3, 0.4) is 0 Å². The molecule has 4 rings (SSSR count). The molecule has 0 aliphatic carbocycles. The van der Waals surface area contributed by atoms with Crippen molar-refractivity contribution in [2.24, 2.45) is 4.99 Å². The van der Waals surface area contributed by atoms with Crippen molar-refractivity contribution in [2.75, 3.05) is 25.6 Å². The topological polar surface area (TPSA) is 45.1 Å². The first-order chi connectivity index (χ1) is 13.5. The molecule has 8 heteroatoms. The van der Waals surface area contributed by atoms with Crippen LogP contribution in [0, 0.1) is 5.82 Å². The second-order valence-electron chi connectivity index (χ2n) is 6.15. The molecule has 2 aromatic carbocycles. The number of methoxy groups -OCH3 is 1. The fraction of sp³-hybridized carbons (Fsp3) is 0.200. The van der Waals surface area contributed by atoms with Crippen molar-refractivity contribution in [1.82, 2.24) is 4.90 Å². The summed E-state index contributed by atoms with van der Waals surface area (Å²) in [6.45, 7) is 2.43. The first-order valence-corrected chi connectivity index (χ1v) is 10.3. The number of aliphatic imine (C=N–C) groups is 1. The summed E-state index contributed by atoms with van der Waals surface area (Å²) in [6, 6.07) is 11.8. The molecule has 2 aliphatic rings. The maximum absolute atomic E-state index is 13.2. The zero-order chi connectivity index (χ0) is 19.8. The Morgan fingerprint density at radius 3 is 2.57 bits per heavy atom. The van der Waals surface area contributed by atoms with Gasteiger partial charge in [-0.3, -0.25) is 9.69 Å². The lowest BCUT2D eigenvalue weighted by atomic mass is 10.3. The highest BCUT2D eigenvalue weighted by Crippen LogP contribution is 2.50. The quantitative estimate of drug-likeness (QED) is 0.672. The van der Waals surface area contributed by atoms with E-state index >= 15 is 0 Å². The molecule has 2 aromatic rings. The molecule has 28 heavy (non-hydrogen) atoms. The van der Waals surface area contributed by atoms with E-state index < -0.39 is 0 Å². The molecule has 1 amide bonds. The molecule has 0 unspecified atom stereocenters. The van der Waals surface area contributed by atoms with Gasteiger partial charge in [-0.05, 0) is 55.1 Å². The van der Waals surface area contributed by atoms with Crippen LogP contribution < -0.4 is 9.64 Å². The van der Waals surface area contributed by atoms with Crippen LogP contribution in [0.25, 0.3) is 0 Å². The third-order valence-electron chi connectivity index (χ3n) is 4.46. The van der Waals surface area contributed by atoms with Crippen molar-refractivity contribution in [3.63, 3.8) is 0 Å². The molecule has 0 aromatic heterocycles. The van der Waals surface area contributed by atoms with Crippen LogP contribution >= 0.6 is 23.5 Å². The Kier molecular flexibility index (Phi) is 5.07. The van der Waals surface area contributed by atoms with Crippen LogP contribution in [-0.4, -0.2) is 36.7 Å². The zero-order valence-electron chi connectivity index (χ0n) is 15.6. The Morgan fingerprint density at radius 1 is 1.14 bits per heavy atom. The van der Waals surface area contributed by atoms with Gasteiger partial charge in [0, 0.05) is 24.6 Å². The second-order valence-corrected chi connectivity index (χ2v) is 8.16. The van der Waals surface area contributed by atoms with E-state index in [0.717, 1.165) is 21.4 Å². The minimum atomic E-state index is -0.313. The molecule has 2 aliphatic heterocycles. The van der Waals surface area contributed by atoms with Gasteiger partial charge in [0.2, 0.25) is 0 Å². The van der Waals surface area contributed by atoms with E-state index in [4.69, 9.17) is 4.74 Å². The fourth-order valence-corrected chi connectivity index (χ4v) is 5.36. The smallest absolute Gasteiger partial charge is 0.269 e. The number of nitrogens with zero attached hydrogens (tertiary/aromatic N) is 3. The Morgan fingerprint density at radius 2 is 1.89 bits per heavy atom. The highest BCUT2D eigenvalue weighted by Gasteiger charge is 2.38. The van der Waals surface area contributed by atoms with Crippen LogP contribution in [0.15, 0.2) is 62.3 Å². The third kappa shape index (κ3) is 3.27. The van der Waals surface area contributed by atoms with Gasteiger partial charge in [0.1, 0.15) is 16.5 Å². The van der Waals surface area contributed by atoms with E-state index in [1.807, 2.05) is 37.1 Å². The minimum Gasteiger partial charge on any atom is -0.497 e. The van der Waals surface area contributed by atoms with E-state index in [2.05, 4.69) is 4.99 Å². The predicted octanol–water partition coefficient (Wildman–Crippen LogP) is 4.83. The normalized spacial score (nSPS) is 20.3. The fourth-order valence-electron chi connectivity index (χ4n) is 2.98. The number of rotatable bonds is 3. The molecule has 1 fully saturated rings. The molecular formula is C20H18FN3O2S2. The molecule has 5 nitrogen and oxygen atoms in total. The summed E-state index contributed by atoms with van der Waals surface area (Å²) in [7, 11) is 3.58. The van der Waals surface area contributed by atoms with E-state index in [1.54, 1.807) is 35.9 Å². The lowest BCUT2D eigenvalue weighted by Gasteiger charge is -2.15. The SMILES string of the molecule is CCN1C(=O)C(=C2Sc3ccc(OC)cc3N2C)SC1=Nc1ccc(F)cc1. The zero-order valence-corrected chi connectivity index (χ0v) is 17.2. The summed E-state index contributed by atoms with van der Waals surface area (Å²) in [5, 5.41) is 1.48. The van der Waals surface area contributed by atoms with Gasteiger partial charge in [-0.1, -0.05) is 11.8 Å². The average molecular weight is 416 g/mol. The maximum atomic E-state index is 13.2. The van der Waals surface area contributed by atoms with Gasteiger partial charge in [-0.25, -0.2) is 9.38 Å². The molecule has 0 saturated carbocycles. The lowest BCUT2D eigenvalue weighted by molar-refractivity contribution is -0.122. The number of amidine groups is 1. The number of amides is 1. The van der Waals surface area contributed by atoms with Crippen molar-refractivity contribution in [3.8, 4) is 5.75 Å². The third-order valence-corrected chi connectivity index (χ3v) is 6.90. The number of thioether (sulfide) groups is 2. The molecule has 0 atom stereocenters. The van der Waals surface area contributed by atoms with Crippen LogP contribution in [0.4, 0.5) is 15.8 Å². The van der Waals surface area contributed by atoms with Crippen LogP contribution in [0.5, 0.6) is 5.75 Å². The Bertz CT molecular complexity index is 1010. The van der Waals surface area contributed by atoms with Gasteiger partial charge in [0.25, 0.3) is 5.91 Å². The van der Waals surface area contributed by atoms with Crippen molar-refractivity contribution in [2.45, 2.75) is 11.8 Å². The highest BCUT2D eigenvalue weighted by molar-refractivity contribution is 8.19. The number of carbonyl (C=O) groups is 1. The van der Waals surface area contributed by atoms with Gasteiger partial charge in [0.15, 0.2) is 5.17 Å². The number of fused-ring (bicyclic) bond motifs is 1. The Hall–Kier alpha value is -2.45. The summed E-state index contributed by atoms with van der Waals surface area (Å²) in [5.41, 5.74) is 1.62. The molecule has 0 spiro atoms. The monoisotopic (exact) mass is 415 g/mol. The standard InChI is InChI=1S/C20H18FN3O2S2/c1-4-24-18(25)17(28-20(24)22-13-7-5-12(21)6-8-13)19-23(2)15-11-14(26-3)9-10-16(15)27-19/h5-11H,4H2,1-3H3. The van der Waals surface area contributed by atoms with Crippen molar-refractivity contribution in [1.29, 1.82) is 0 Å². The Labute approximate surface area is 171 Å². The van der Waals surface area contributed by atoms with Crippen LogP contribution in [-0.2, 0) is 4.79 Å². The Balaban J connectivity index is 1.71. The van der Waals surface area contributed by atoms with E-state index in [9.17, 15) is 9.18 Å². The predicted molar refractivity (Wildman–Crippen MR) is 113 cm³/mol. The van der Waals surface area contributed by atoms with E-state index in [-0.39, 0.29) is 11.7 Å². The van der Waals surface area contributed by atoms with Crippen LogP contribution in [0.2, 0.25) is 0 Å². The van der Waals surface area contributed by atoms with Crippen molar-refractivity contribution >= 4 is 46.0 Å².